The van der Waals surface area contributed by atoms with E-state index in [9.17, 15) is 9.59 Å². The summed E-state index contributed by atoms with van der Waals surface area (Å²) in [5, 5.41) is 3.12. The molecular weight excluding hydrogens is 428 g/mol. The molecule has 3 aromatic rings. The fourth-order valence-electron chi connectivity index (χ4n) is 2.32. The monoisotopic (exact) mass is 444 g/mol. The molecule has 1 atom stereocenters. The summed E-state index contributed by atoms with van der Waals surface area (Å²) in [4.78, 5) is 31.0. The van der Waals surface area contributed by atoms with E-state index < -0.39 is 5.91 Å². The number of primary amides is 1. The molecule has 0 aliphatic heterocycles. The average molecular weight is 445 g/mol. The zero-order chi connectivity index (χ0) is 19.4. The SMILES string of the molecule is CC(Sc1ncc(-c2ccc(Br)cc2)[nH]1)C(=O)Nc1ccc(C(N)=O)cc1. The summed E-state index contributed by atoms with van der Waals surface area (Å²) in [5.74, 6) is -0.662. The number of carbonyl (C=O) groups is 2. The van der Waals surface area contributed by atoms with Crippen molar-refractivity contribution in [3.63, 3.8) is 0 Å². The number of hydrogen-bond donors (Lipinski definition) is 3. The highest BCUT2D eigenvalue weighted by Gasteiger charge is 2.17. The van der Waals surface area contributed by atoms with Crippen LogP contribution in [-0.2, 0) is 4.79 Å². The summed E-state index contributed by atoms with van der Waals surface area (Å²) in [6, 6.07) is 14.3. The Kier molecular flexibility index (Phi) is 5.98. The lowest BCUT2D eigenvalue weighted by Gasteiger charge is -2.10. The third-order valence-corrected chi connectivity index (χ3v) is 5.33. The third-order valence-electron chi connectivity index (χ3n) is 3.80. The normalized spacial score (nSPS) is 11.8. The number of imidazole rings is 1. The highest BCUT2D eigenvalue weighted by Crippen LogP contribution is 2.26. The third kappa shape index (κ3) is 4.99. The van der Waals surface area contributed by atoms with Crippen LogP contribution < -0.4 is 11.1 Å². The number of nitrogens with one attached hydrogen (secondary N) is 2. The first-order valence-corrected chi connectivity index (χ1v) is 9.78. The van der Waals surface area contributed by atoms with Gasteiger partial charge in [-0.2, -0.15) is 0 Å². The van der Waals surface area contributed by atoms with Crippen molar-refractivity contribution >= 4 is 45.2 Å². The second-order valence-electron chi connectivity index (χ2n) is 5.80. The van der Waals surface area contributed by atoms with Crippen LogP contribution in [0.25, 0.3) is 11.3 Å². The van der Waals surface area contributed by atoms with Crippen LogP contribution in [0.2, 0.25) is 0 Å². The maximum absolute atomic E-state index is 12.4. The lowest BCUT2D eigenvalue weighted by atomic mass is 10.2. The number of thioether (sulfide) groups is 1. The lowest BCUT2D eigenvalue weighted by Crippen LogP contribution is -2.22. The van der Waals surface area contributed by atoms with Gasteiger partial charge in [-0.1, -0.05) is 39.8 Å². The van der Waals surface area contributed by atoms with E-state index in [4.69, 9.17) is 5.73 Å². The van der Waals surface area contributed by atoms with Crippen molar-refractivity contribution in [2.45, 2.75) is 17.3 Å². The average Bonchev–Trinajstić information content (AvgIpc) is 3.11. The van der Waals surface area contributed by atoms with E-state index >= 15 is 0 Å². The summed E-state index contributed by atoms with van der Waals surface area (Å²) in [5.41, 5.74) is 8.11. The number of hydrogen-bond acceptors (Lipinski definition) is 4. The predicted molar refractivity (Wildman–Crippen MR) is 111 cm³/mol. The predicted octanol–water partition coefficient (Wildman–Crippen LogP) is 4.06. The summed E-state index contributed by atoms with van der Waals surface area (Å²) in [6.07, 6.45) is 1.75. The molecule has 3 rings (SSSR count). The summed E-state index contributed by atoms with van der Waals surface area (Å²) < 4.78 is 1.01. The number of nitrogens with zero attached hydrogens (tertiary/aromatic N) is 1. The number of aromatic nitrogens is 2. The van der Waals surface area contributed by atoms with Gasteiger partial charge in [-0.05, 0) is 48.9 Å². The van der Waals surface area contributed by atoms with E-state index in [2.05, 4.69) is 31.2 Å². The maximum Gasteiger partial charge on any atom is 0.248 e. The number of nitrogens with two attached hydrogens (primary N) is 1. The number of aromatic amines is 1. The minimum Gasteiger partial charge on any atom is -0.366 e. The lowest BCUT2D eigenvalue weighted by molar-refractivity contribution is -0.115. The van der Waals surface area contributed by atoms with Crippen molar-refractivity contribution in [2.24, 2.45) is 5.73 Å². The van der Waals surface area contributed by atoms with Crippen molar-refractivity contribution in [1.29, 1.82) is 0 Å². The molecule has 1 heterocycles. The number of amides is 2. The molecule has 138 valence electrons. The van der Waals surface area contributed by atoms with E-state index in [0.29, 0.717) is 16.4 Å². The first-order chi connectivity index (χ1) is 12.9. The smallest absolute Gasteiger partial charge is 0.248 e. The second kappa shape index (κ2) is 8.41. The molecule has 4 N–H and O–H groups in total. The van der Waals surface area contributed by atoms with Crippen molar-refractivity contribution in [3.8, 4) is 11.3 Å². The number of H-pyrrole nitrogens is 1. The molecule has 0 saturated carbocycles. The van der Waals surface area contributed by atoms with Crippen LogP contribution in [0.3, 0.4) is 0 Å². The maximum atomic E-state index is 12.4. The van der Waals surface area contributed by atoms with Crippen LogP contribution in [0.4, 0.5) is 5.69 Å². The van der Waals surface area contributed by atoms with E-state index in [1.807, 2.05) is 24.3 Å². The quantitative estimate of drug-likeness (QED) is 0.498. The molecule has 8 heteroatoms. The Hall–Kier alpha value is -2.58. The van der Waals surface area contributed by atoms with Gasteiger partial charge in [-0.25, -0.2) is 4.98 Å². The molecule has 0 radical (unpaired) electrons. The van der Waals surface area contributed by atoms with E-state index in [0.717, 1.165) is 15.7 Å². The van der Waals surface area contributed by atoms with Crippen LogP contribution in [0, 0.1) is 0 Å². The molecule has 0 bridgehead atoms. The van der Waals surface area contributed by atoms with Gasteiger partial charge in [0.25, 0.3) is 0 Å². The van der Waals surface area contributed by atoms with E-state index in [1.165, 1.54) is 11.8 Å². The standard InChI is InChI=1S/C19H17BrN4O2S/c1-11(18(26)23-15-8-4-13(5-9-15)17(21)25)27-19-22-10-16(24-19)12-2-6-14(20)7-3-12/h2-11H,1H3,(H2,21,25)(H,22,24)(H,23,26). The first-order valence-electron chi connectivity index (χ1n) is 8.10. The van der Waals surface area contributed by atoms with Gasteiger partial charge >= 0.3 is 0 Å². The second-order valence-corrected chi connectivity index (χ2v) is 8.05. The van der Waals surface area contributed by atoms with Crippen LogP contribution >= 0.6 is 27.7 Å². The number of carbonyl (C=O) groups excluding carboxylic acids is 2. The van der Waals surface area contributed by atoms with Crippen LogP contribution in [0.5, 0.6) is 0 Å². The Labute approximate surface area is 169 Å². The van der Waals surface area contributed by atoms with Crippen LogP contribution in [0.15, 0.2) is 64.4 Å². The highest BCUT2D eigenvalue weighted by molar-refractivity contribution is 9.10. The van der Waals surface area contributed by atoms with Crippen LogP contribution in [-0.4, -0.2) is 27.0 Å². The molecule has 1 aromatic heterocycles. The van der Waals surface area contributed by atoms with Gasteiger partial charge in [-0.3, -0.25) is 9.59 Å². The molecular formula is C19H17BrN4O2S. The summed E-state index contributed by atoms with van der Waals surface area (Å²) in [6.45, 7) is 1.81. The van der Waals surface area contributed by atoms with Gasteiger partial charge in [0, 0.05) is 15.7 Å². The molecule has 0 spiro atoms. The van der Waals surface area contributed by atoms with Crippen molar-refractivity contribution in [2.75, 3.05) is 5.32 Å². The fourth-order valence-corrected chi connectivity index (χ4v) is 3.37. The molecule has 27 heavy (non-hydrogen) atoms. The summed E-state index contributed by atoms with van der Waals surface area (Å²) >= 11 is 4.75. The Morgan fingerprint density at radius 3 is 2.44 bits per heavy atom. The number of benzene rings is 2. The van der Waals surface area contributed by atoms with E-state index in [-0.39, 0.29) is 11.2 Å². The van der Waals surface area contributed by atoms with Crippen molar-refractivity contribution in [3.05, 3.63) is 64.8 Å². The number of rotatable bonds is 6. The summed E-state index contributed by atoms with van der Waals surface area (Å²) in [7, 11) is 0. The number of anilines is 1. The molecule has 0 saturated heterocycles. The van der Waals surface area contributed by atoms with Gasteiger partial charge in [-0.15, -0.1) is 0 Å². The Bertz CT molecular complexity index is 955. The molecule has 2 amide bonds. The van der Waals surface area contributed by atoms with Gasteiger partial charge in [0.15, 0.2) is 5.16 Å². The minimum absolute atomic E-state index is 0.159. The van der Waals surface area contributed by atoms with Crippen LogP contribution in [0.1, 0.15) is 17.3 Å². The Morgan fingerprint density at radius 1 is 1.15 bits per heavy atom. The van der Waals surface area contributed by atoms with Gasteiger partial charge in [0.05, 0.1) is 17.1 Å². The van der Waals surface area contributed by atoms with Gasteiger partial charge < -0.3 is 16.0 Å². The largest absolute Gasteiger partial charge is 0.366 e. The zero-order valence-corrected chi connectivity index (χ0v) is 16.8. The fraction of sp³-hybridized carbons (Fsp3) is 0.105. The zero-order valence-electron chi connectivity index (χ0n) is 14.4. The Balaban J connectivity index is 1.61. The first kappa shape index (κ1) is 19.2. The molecule has 6 nitrogen and oxygen atoms in total. The molecule has 0 fully saturated rings. The molecule has 0 aliphatic carbocycles. The van der Waals surface area contributed by atoms with Crippen molar-refractivity contribution < 1.29 is 9.59 Å². The topological polar surface area (TPSA) is 101 Å². The number of halogens is 1. The van der Waals surface area contributed by atoms with Crippen molar-refractivity contribution in [1.82, 2.24) is 9.97 Å². The van der Waals surface area contributed by atoms with Gasteiger partial charge in [0.1, 0.15) is 0 Å². The van der Waals surface area contributed by atoms with E-state index in [1.54, 1.807) is 37.4 Å². The minimum atomic E-state index is -0.504. The van der Waals surface area contributed by atoms with Gasteiger partial charge in [0.2, 0.25) is 11.8 Å². The molecule has 1 unspecified atom stereocenters. The Morgan fingerprint density at radius 2 is 1.81 bits per heavy atom. The molecule has 0 aliphatic rings. The molecule has 2 aromatic carbocycles. The highest BCUT2D eigenvalue weighted by atomic mass is 79.9.